The molecule has 3 rings (SSSR count). The van der Waals surface area contributed by atoms with E-state index in [9.17, 15) is 24.3 Å². The van der Waals surface area contributed by atoms with E-state index in [0.717, 1.165) is 22.0 Å². The Morgan fingerprint density at radius 1 is 0.821 bits per heavy atom. The van der Waals surface area contributed by atoms with Gasteiger partial charge in [-0.05, 0) is 36.5 Å². The molecule has 0 saturated heterocycles. The molecule has 39 heavy (non-hydrogen) atoms. The van der Waals surface area contributed by atoms with Crippen LogP contribution in [0.4, 0.5) is 0 Å². The number of aromatic amines is 1. The number of nitrogens with two attached hydrogens (primary N) is 1. The number of carboxylic acids is 1. The van der Waals surface area contributed by atoms with Crippen LogP contribution >= 0.6 is 0 Å². The average molecular weight is 536 g/mol. The van der Waals surface area contributed by atoms with E-state index in [4.69, 9.17) is 5.73 Å². The first-order chi connectivity index (χ1) is 18.5. The van der Waals surface area contributed by atoms with Crippen LogP contribution in [0, 0.1) is 5.92 Å². The van der Waals surface area contributed by atoms with Crippen molar-refractivity contribution in [3.8, 4) is 0 Å². The summed E-state index contributed by atoms with van der Waals surface area (Å²) in [4.78, 5) is 54.1. The second-order valence-corrected chi connectivity index (χ2v) is 10.2. The molecule has 0 spiro atoms. The van der Waals surface area contributed by atoms with Crippen molar-refractivity contribution in [2.24, 2.45) is 11.7 Å². The second kappa shape index (κ2) is 13.6. The molecule has 1 aromatic heterocycles. The van der Waals surface area contributed by atoms with Gasteiger partial charge in [0, 0.05) is 29.9 Å². The van der Waals surface area contributed by atoms with Gasteiger partial charge in [-0.3, -0.25) is 19.2 Å². The number of hydrogen-bond donors (Lipinski definition) is 6. The number of aromatic nitrogens is 1. The van der Waals surface area contributed by atoms with Crippen molar-refractivity contribution in [2.45, 2.75) is 64.2 Å². The Hall–Kier alpha value is -4.18. The van der Waals surface area contributed by atoms with E-state index in [1.54, 1.807) is 6.20 Å². The molecule has 3 amide bonds. The number of nitrogens with one attached hydrogen (secondary N) is 4. The topological polar surface area (TPSA) is 166 Å². The summed E-state index contributed by atoms with van der Waals surface area (Å²) in [5.74, 6) is -2.70. The third-order valence-corrected chi connectivity index (χ3v) is 6.44. The first-order valence-electron chi connectivity index (χ1n) is 13.0. The van der Waals surface area contributed by atoms with E-state index < -0.39 is 47.9 Å². The van der Waals surface area contributed by atoms with Gasteiger partial charge in [-0.15, -0.1) is 0 Å². The van der Waals surface area contributed by atoms with E-state index in [1.807, 2.05) is 68.4 Å². The minimum absolute atomic E-state index is 0.104. The lowest BCUT2D eigenvalue weighted by Gasteiger charge is -2.25. The number of fused-ring (bicyclic) bond motifs is 1. The lowest BCUT2D eigenvalue weighted by molar-refractivity contribution is -0.141. The number of H-pyrrole nitrogens is 1. The van der Waals surface area contributed by atoms with Crippen LogP contribution in [0.2, 0.25) is 0 Å². The molecule has 0 fully saturated rings. The number of amides is 3. The molecule has 7 N–H and O–H groups in total. The zero-order valence-electron chi connectivity index (χ0n) is 22.4. The molecule has 10 heteroatoms. The van der Waals surface area contributed by atoms with Crippen LogP contribution in [0.5, 0.6) is 0 Å². The fourth-order valence-corrected chi connectivity index (χ4v) is 4.33. The average Bonchev–Trinajstić information content (AvgIpc) is 3.30. The second-order valence-electron chi connectivity index (χ2n) is 10.2. The monoisotopic (exact) mass is 535 g/mol. The van der Waals surface area contributed by atoms with Gasteiger partial charge >= 0.3 is 5.97 Å². The van der Waals surface area contributed by atoms with Crippen LogP contribution in [-0.4, -0.2) is 57.9 Å². The lowest BCUT2D eigenvalue weighted by atomic mass is 10.0. The zero-order chi connectivity index (χ0) is 28.5. The summed E-state index contributed by atoms with van der Waals surface area (Å²) in [6.45, 7) is 5.25. The van der Waals surface area contributed by atoms with Crippen molar-refractivity contribution in [3.05, 3.63) is 71.9 Å². The summed E-state index contributed by atoms with van der Waals surface area (Å²) in [7, 11) is 0. The number of rotatable bonds is 13. The number of benzene rings is 2. The minimum Gasteiger partial charge on any atom is -0.480 e. The number of aliphatic carboxylic acids is 1. The predicted molar refractivity (Wildman–Crippen MR) is 149 cm³/mol. The Morgan fingerprint density at radius 3 is 2.08 bits per heavy atom. The molecule has 0 radical (unpaired) electrons. The number of para-hydroxylation sites is 1. The molecule has 2 aromatic carbocycles. The highest BCUT2D eigenvalue weighted by atomic mass is 16.4. The highest BCUT2D eigenvalue weighted by Crippen LogP contribution is 2.19. The van der Waals surface area contributed by atoms with Gasteiger partial charge in [-0.1, -0.05) is 62.4 Å². The van der Waals surface area contributed by atoms with Gasteiger partial charge in [-0.2, -0.15) is 0 Å². The third kappa shape index (κ3) is 8.41. The highest BCUT2D eigenvalue weighted by Gasteiger charge is 2.30. The van der Waals surface area contributed by atoms with Crippen molar-refractivity contribution in [1.82, 2.24) is 20.9 Å². The van der Waals surface area contributed by atoms with Crippen LogP contribution in [0.3, 0.4) is 0 Å². The summed E-state index contributed by atoms with van der Waals surface area (Å²) < 4.78 is 0. The smallest absolute Gasteiger partial charge is 0.325 e. The molecule has 0 aliphatic heterocycles. The Balaban J connectivity index is 1.86. The maximum absolute atomic E-state index is 13.6. The molecular weight excluding hydrogens is 498 g/mol. The summed E-state index contributed by atoms with van der Waals surface area (Å²) in [6.07, 6.45) is 2.49. The number of carbonyl (C=O) groups excluding carboxylic acids is 3. The molecule has 4 unspecified atom stereocenters. The summed E-state index contributed by atoms with van der Waals surface area (Å²) in [5, 5.41) is 18.1. The Kier molecular flexibility index (Phi) is 10.2. The van der Waals surface area contributed by atoms with E-state index in [0.29, 0.717) is 6.42 Å². The first-order valence-corrected chi connectivity index (χ1v) is 13.0. The largest absolute Gasteiger partial charge is 0.480 e. The van der Waals surface area contributed by atoms with Gasteiger partial charge < -0.3 is 31.8 Å². The molecule has 208 valence electrons. The van der Waals surface area contributed by atoms with Gasteiger partial charge in [0.05, 0.1) is 6.04 Å². The van der Waals surface area contributed by atoms with E-state index >= 15 is 0 Å². The maximum Gasteiger partial charge on any atom is 0.325 e. The Bertz CT molecular complexity index is 1290. The van der Waals surface area contributed by atoms with E-state index in [2.05, 4.69) is 20.9 Å². The predicted octanol–water partition coefficient (Wildman–Crippen LogP) is 1.89. The van der Waals surface area contributed by atoms with Crippen molar-refractivity contribution >= 4 is 34.6 Å². The summed E-state index contributed by atoms with van der Waals surface area (Å²) >= 11 is 0. The van der Waals surface area contributed by atoms with Gasteiger partial charge in [0.1, 0.15) is 18.1 Å². The van der Waals surface area contributed by atoms with Crippen LogP contribution in [0.15, 0.2) is 60.8 Å². The van der Waals surface area contributed by atoms with Crippen molar-refractivity contribution < 1.29 is 24.3 Å². The Labute approximate surface area is 227 Å². The van der Waals surface area contributed by atoms with Gasteiger partial charge in [0.25, 0.3) is 0 Å². The minimum atomic E-state index is -1.20. The van der Waals surface area contributed by atoms with Gasteiger partial charge in [-0.25, -0.2) is 0 Å². The van der Waals surface area contributed by atoms with Crippen LogP contribution in [0.25, 0.3) is 10.9 Å². The number of carbonyl (C=O) groups is 4. The maximum atomic E-state index is 13.6. The fraction of sp³-hybridized carbons (Fsp3) is 0.379. The lowest BCUT2D eigenvalue weighted by Crippen LogP contribution is -2.58. The van der Waals surface area contributed by atoms with Gasteiger partial charge in [0.15, 0.2) is 0 Å². The molecule has 4 atom stereocenters. The third-order valence-electron chi connectivity index (χ3n) is 6.44. The summed E-state index contributed by atoms with van der Waals surface area (Å²) in [6, 6.07) is 12.7. The quantitative estimate of drug-likeness (QED) is 0.195. The molecular formula is C29H37N5O5. The fourth-order valence-electron chi connectivity index (χ4n) is 4.33. The molecule has 0 aliphatic carbocycles. The van der Waals surface area contributed by atoms with Gasteiger partial charge in [0.2, 0.25) is 17.7 Å². The molecule has 0 aliphatic rings. The van der Waals surface area contributed by atoms with Crippen molar-refractivity contribution in [1.29, 1.82) is 0 Å². The standard InChI is InChI=1S/C29H37N5O5/c1-17(2)13-22(30)26(35)33-24(14-19-9-5-4-6-10-19)28(37)34-25(27(36)32-18(3)29(38)39)15-20-16-31-23-12-8-7-11-21(20)23/h4-12,16-18,22,24-25,31H,13-15,30H2,1-3H3,(H,32,36)(H,33,35)(H,34,37)(H,38,39). The molecule has 0 saturated carbocycles. The van der Waals surface area contributed by atoms with Crippen molar-refractivity contribution in [2.75, 3.05) is 0 Å². The van der Waals surface area contributed by atoms with E-state index in [-0.39, 0.29) is 18.8 Å². The molecule has 0 bridgehead atoms. The number of hydrogen-bond acceptors (Lipinski definition) is 5. The van der Waals surface area contributed by atoms with Crippen LogP contribution < -0.4 is 21.7 Å². The molecule has 1 heterocycles. The number of carboxylic acid groups (broad SMARTS) is 1. The zero-order valence-corrected chi connectivity index (χ0v) is 22.4. The SMILES string of the molecule is CC(C)CC(N)C(=O)NC(Cc1ccccc1)C(=O)NC(Cc1c[nH]c2ccccc12)C(=O)NC(C)C(=O)O. The van der Waals surface area contributed by atoms with Crippen LogP contribution in [-0.2, 0) is 32.0 Å². The summed E-state index contributed by atoms with van der Waals surface area (Å²) in [5.41, 5.74) is 8.52. The van der Waals surface area contributed by atoms with Crippen molar-refractivity contribution in [3.63, 3.8) is 0 Å². The van der Waals surface area contributed by atoms with E-state index in [1.165, 1.54) is 6.92 Å². The highest BCUT2D eigenvalue weighted by molar-refractivity contribution is 5.95. The Morgan fingerprint density at radius 2 is 1.41 bits per heavy atom. The molecule has 10 nitrogen and oxygen atoms in total. The first kappa shape index (κ1) is 29.4. The molecule has 3 aromatic rings. The normalized spacial score (nSPS) is 14.3. The van der Waals surface area contributed by atoms with Crippen LogP contribution in [0.1, 0.15) is 38.3 Å².